The van der Waals surface area contributed by atoms with Crippen LogP contribution in [0.15, 0.2) is 12.3 Å². The average molecular weight is 288 g/mol. The summed E-state index contributed by atoms with van der Waals surface area (Å²) in [5.41, 5.74) is 5.51. The summed E-state index contributed by atoms with van der Waals surface area (Å²) < 4.78 is 0. The minimum Gasteiger partial charge on any atom is -0.370 e. The Morgan fingerprint density at radius 1 is 1.21 bits per heavy atom. The average Bonchev–Trinajstić information content (AvgIpc) is 2.38. The smallest absolute Gasteiger partial charge is 0.221 e. The van der Waals surface area contributed by atoms with Crippen LogP contribution in [0.5, 0.6) is 0 Å². The molecule has 0 aromatic carbocycles. The molecule has 0 spiro atoms. The fraction of sp³-hybridized carbons (Fsp3) is 0.692. The first-order valence-corrected chi connectivity index (χ1v) is 6.81. The molecule has 0 saturated carbocycles. The lowest BCUT2D eigenvalue weighted by Gasteiger charge is -2.17. The Morgan fingerprint density at radius 2 is 1.95 bits per heavy atom. The van der Waals surface area contributed by atoms with Gasteiger partial charge in [-0.1, -0.05) is 20.3 Å². The van der Waals surface area contributed by atoms with Gasteiger partial charge in [-0.2, -0.15) is 4.98 Å². The van der Waals surface area contributed by atoms with E-state index in [2.05, 4.69) is 34.0 Å². The minimum absolute atomic E-state index is 0. The van der Waals surface area contributed by atoms with Crippen molar-refractivity contribution in [2.24, 2.45) is 0 Å². The van der Waals surface area contributed by atoms with Gasteiger partial charge in [0.05, 0.1) is 0 Å². The Morgan fingerprint density at radius 3 is 2.58 bits per heavy atom. The zero-order chi connectivity index (χ0) is 13.2. The summed E-state index contributed by atoms with van der Waals surface area (Å²) in [6, 6.07) is 1.84. The van der Waals surface area contributed by atoms with E-state index in [1.165, 1.54) is 19.4 Å². The van der Waals surface area contributed by atoms with Gasteiger partial charge in [-0.15, -0.1) is 12.4 Å². The molecule has 1 heterocycles. The molecule has 6 heteroatoms. The molecule has 0 aliphatic heterocycles. The lowest BCUT2D eigenvalue weighted by molar-refractivity contribution is 0.296. The van der Waals surface area contributed by atoms with Gasteiger partial charge in [-0.25, -0.2) is 4.98 Å². The van der Waals surface area contributed by atoms with Gasteiger partial charge >= 0.3 is 0 Å². The maximum Gasteiger partial charge on any atom is 0.221 e. The SMILES string of the molecule is CCN(CC)CCCCCNc1ccnc(N)n1.Cl. The van der Waals surface area contributed by atoms with E-state index in [4.69, 9.17) is 5.73 Å². The van der Waals surface area contributed by atoms with Crippen molar-refractivity contribution in [1.29, 1.82) is 0 Å². The van der Waals surface area contributed by atoms with Crippen molar-refractivity contribution in [2.75, 3.05) is 37.2 Å². The quantitative estimate of drug-likeness (QED) is 0.683. The van der Waals surface area contributed by atoms with Crippen molar-refractivity contribution in [1.82, 2.24) is 14.9 Å². The second-order valence-corrected chi connectivity index (χ2v) is 4.31. The predicted octanol–water partition coefficient (Wildman–Crippen LogP) is 2.40. The molecule has 1 rings (SSSR count). The van der Waals surface area contributed by atoms with E-state index in [0.717, 1.165) is 31.9 Å². The van der Waals surface area contributed by atoms with Crippen LogP contribution in [0, 0.1) is 0 Å². The number of rotatable bonds is 9. The molecule has 0 radical (unpaired) electrons. The third-order valence-electron chi connectivity index (χ3n) is 3.03. The van der Waals surface area contributed by atoms with Crippen molar-refractivity contribution in [2.45, 2.75) is 33.1 Å². The van der Waals surface area contributed by atoms with Crippen LogP contribution in [0.2, 0.25) is 0 Å². The zero-order valence-corrected chi connectivity index (χ0v) is 12.7. The van der Waals surface area contributed by atoms with Crippen molar-refractivity contribution >= 4 is 24.2 Å². The molecule has 1 aromatic rings. The molecule has 0 atom stereocenters. The third kappa shape index (κ3) is 7.85. The highest BCUT2D eigenvalue weighted by Gasteiger charge is 1.98. The summed E-state index contributed by atoms with van der Waals surface area (Å²) in [5.74, 6) is 1.13. The Labute approximate surface area is 122 Å². The number of anilines is 2. The van der Waals surface area contributed by atoms with Crippen LogP contribution in [-0.4, -0.2) is 41.0 Å². The maximum absolute atomic E-state index is 5.51. The van der Waals surface area contributed by atoms with Gasteiger partial charge in [0.25, 0.3) is 0 Å². The summed E-state index contributed by atoms with van der Waals surface area (Å²) in [7, 11) is 0. The highest BCUT2D eigenvalue weighted by molar-refractivity contribution is 5.85. The number of hydrogen-bond acceptors (Lipinski definition) is 5. The maximum atomic E-state index is 5.51. The van der Waals surface area contributed by atoms with Gasteiger partial charge in [0.1, 0.15) is 5.82 Å². The number of nitrogens with zero attached hydrogens (tertiary/aromatic N) is 3. The molecule has 0 fully saturated rings. The topological polar surface area (TPSA) is 67.1 Å². The second kappa shape index (κ2) is 10.8. The van der Waals surface area contributed by atoms with Crippen molar-refractivity contribution in [3.05, 3.63) is 12.3 Å². The molecular weight excluding hydrogens is 262 g/mol. The lowest BCUT2D eigenvalue weighted by atomic mass is 10.2. The Kier molecular flexibility index (Phi) is 10.2. The van der Waals surface area contributed by atoms with E-state index in [9.17, 15) is 0 Å². The molecule has 0 unspecified atom stereocenters. The molecule has 0 saturated heterocycles. The fourth-order valence-corrected chi connectivity index (χ4v) is 1.87. The number of nitrogens with one attached hydrogen (secondary N) is 1. The number of halogens is 1. The van der Waals surface area contributed by atoms with Gasteiger partial charge in [-0.05, 0) is 38.5 Å². The third-order valence-corrected chi connectivity index (χ3v) is 3.03. The molecule has 3 N–H and O–H groups in total. The largest absolute Gasteiger partial charge is 0.370 e. The fourth-order valence-electron chi connectivity index (χ4n) is 1.87. The van der Waals surface area contributed by atoms with Crippen LogP contribution in [0.4, 0.5) is 11.8 Å². The second-order valence-electron chi connectivity index (χ2n) is 4.31. The lowest BCUT2D eigenvalue weighted by Crippen LogP contribution is -2.23. The van der Waals surface area contributed by atoms with Crippen molar-refractivity contribution in [3.63, 3.8) is 0 Å². The van der Waals surface area contributed by atoms with Gasteiger partial charge in [0, 0.05) is 12.7 Å². The van der Waals surface area contributed by atoms with E-state index in [0.29, 0.717) is 5.95 Å². The number of hydrogen-bond donors (Lipinski definition) is 2. The molecule has 1 aromatic heterocycles. The first-order valence-electron chi connectivity index (χ1n) is 6.81. The summed E-state index contributed by atoms with van der Waals surface area (Å²) in [6.07, 6.45) is 5.33. The molecular formula is C13H26ClN5. The van der Waals surface area contributed by atoms with Crippen molar-refractivity contribution < 1.29 is 0 Å². The van der Waals surface area contributed by atoms with Crippen LogP contribution < -0.4 is 11.1 Å². The standard InChI is InChI=1S/C13H25N5.ClH/c1-3-18(4-2)11-7-5-6-9-15-12-8-10-16-13(14)17-12;/h8,10H,3-7,9,11H2,1-2H3,(H3,14,15,16,17);1H. The van der Waals surface area contributed by atoms with E-state index < -0.39 is 0 Å². The molecule has 0 aliphatic rings. The van der Waals surface area contributed by atoms with Crippen LogP contribution in [0.25, 0.3) is 0 Å². The van der Waals surface area contributed by atoms with E-state index >= 15 is 0 Å². The van der Waals surface area contributed by atoms with Crippen LogP contribution >= 0.6 is 12.4 Å². The summed E-state index contributed by atoms with van der Waals surface area (Å²) in [5, 5.41) is 3.26. The van der Waals surface area contributed by atoms with Gasteiger partial charge < -0.3 is 16.0 Å². The van der Waals surface area contributed by atoms with Gasteiger partial charge in [0.15, 0.2) is 0 Å². The number of nitrogens with two attached hydrogens (primary N) is 1. The summed E-state index contributed by atoms with van der Waals surface area (Å²) in [6.45, 7) is 8.86. The molecule has 110 valence electrons. The summed E-state index contributed by atoms with van der Waals surface area (Å²) >= 11 is 0. The first-order chi connectivity index (χ1) is 8.76. The molecule has 0 amide bonds. The highest BCUT2D eigenvalue weighted by Crippen LogP contribution is 2.04. The Bertz CT molecular complexity index is 331. The van der Waals surface area contributed by atoms with Crippen molar-refractivity contribution in [3.8, 4) is 0 Å². The molecule has 0 aliphatic carbocycles. The van der Waals surface area contributed by atoms with E-state index in [-0.39, 0.29) is 12.4 Å². The summed E-state index contributed by atoms with van der Waals surface area (Å²) in [4.78, 5) is 10.4. The van der Waals surface area contributed by atoms with Crippen LogP contribution in [0.1, 0.15) is 33.1 Å². The number of unbranched alkanes of at least 4 members (excludes halogenated alkanes) is 2. The van der Waals surface area contributed by atoms with E-state index in [1.807, 2.05) is 6.07 Å². The number of nitrogen functional groups attached to an aromatic ring is 1. The highest BCUT2D eigenvalue weighted by atomic mass is 35.5. The molecule has 5 nitrogen and oxygen atoms in total. The van der Waals surface area contributed by atoms with Gasteiger partial charge in [-0.3, -0.25) is 0 Å². The van der Waals surface area contributed by atoms with E-state index in [1.54, 1.807) is 6.20 Å². The van der Waals surface area contributed by atoms with Crippen LogP contribution in [-0.2, 0) is 0 Å². The predicted molar refractivity (Wildman–Crippen MR) is 83.8 cm³/mol. The minimum atomic E-state index is 0. The van der Waals surface area contributed by atoms with Gasteiger partial charge in [0.2, 0.25) is 5.95 Å². The monoisotopic (exact) mass is 287 g/mol. The Hall–Kier alpha value is -1.07. The zero-order valence-electron chi connectivity index (χ0n) is 11.9. The molecule has 19 heavy (non-hydrogen) atoms. The normalized spacial score (nSPS) is 10.3. The van der Waals surface area contributed by atoms with Crippen LogP contribution in [0.3, 0.4) is 0 Å². The first kappa shape index (κ1) is 17.9. The Balaban J connectivity index is 0.00000324. The number of aromatic nitrogens is 2. The molecule has 0 bridgehead atoms.